The number of aromatic nitrogens is 2. The Labute approximate surface area is 159 Å². The Morgan fingerprint density at radius 3 is 2.85 bits per heavy atom. The van der Waals surface area contributed by atoms with Gasteiger partial charge in [0.1, 0.15) is 22.6 Å². The molecular formula is C19H22F2N4OS. The second-order valence-corrected chi connectivity index (χ2v) is 8.76. The van der Waals surface area contributed by atoms with Crippen LogP contribution < -0.4 is 5.32 Å². The number of hydrogen-bond donors (Lipinski definition) is 1. The lowest BCUT2D eigenvalue weighted by Crippen LogP contribution is -2.35. The van der Waals surface area contributed by atoms with Gasteiger partial charge in [0.05, 0.1) is 6.33 Å². The summed E-state index contributed by atoms with van der Waals surface area (Å²) in [5, 5.41) is 3.90. The SMILES string of the molecule is C=C(NC1CCC2CN(S(=O)c3cn(C)cn3)CC21)c1ccc(F)cc1F. The highest BCUT2D eigenvalue weighted by Crippen LogP contribution is 2.40. The molecule has 27 heavy (non-hydrogen) atoms. The van der Waals surface area contributed by atoms with Gasteiger partial charge in [0, 0.05) is 49.7 Å². The molecule has 4 atom stereocenters. The number of aryl methyl sites for hydroxylation is 1. The van der Waals surface area contributed by atoms with Crippen LogP contribution in [0, 0.1) is 23.5 Å². The second kappa shape index (κ2) is 7.16. The third-order valence-corrected chi connectivity index (χ3v) is 6.87. The molecule has 1 aliphatic carbocycles. The number of benzene rings is 1. The highest BCUT2D eigenvalue weighted by atomic mass is 32.2. The Morgan fingerprint density at radius 2 is 2.15 bits per heavy atom. The predicted octanol–water partition coefficient (Wildman–Crippen LogP) is 2.69. The molecule has 1 saturated carbocycles. The zero-order valence-corrected chi connectivity index (χ0v) is 15.9. The Balaban J connectivity index is 1.43. The van der Waals surface area contributed by atoms with Crippen molar-refractivity contribution in [1.29, 1.82) is 0 Å². The molecule has 1 saturated heterocycles. The first-order valence-corrected chi connectivity index (χ1v) is 10.1. The molecule has 1 aliphatic heterocycles. The van der Waals surface area contributed by atoms with Crippen LogP contribution in [0.5, 0.6) is 0 Å². The summed E-state index contributed by atoms with van der Waals surface area (Å²) in [7, 11) is 0.586. The van der Waals surface area contributed by atoms with Gasteiger partial charge in [-0.25, -0.2) is 22.3 Å². The van der Waals surface area contributed by atoms with Crippen LogP contribution in [-0.4, -0.2) is 37.2 Å². The third-order valence-electron chi connectivity index (χ3n) is 5.53. The molecule has 0 spiro atoms. The van der Waals surface area contributed by atoms with Gasteiger partial charge in [-0.05, 0) is 36.8 Å². The van der Waals surface area contributed by atoms with E-state index in [1.54, 1.807) is 17.1 Å². The monoisotopic (exact) mass is 392 g/mol. The zero-order valence-electron chi connectivity index (χ0n) is 15.1. The van der Waals surface area contributed by atoms with Gasteiger partial charge in [-0.1, -0.05) is 6.58 Å². The Hall–Kier alpha value is -2.06. The average Bonchev–Trinajstić information content (AvgIpc) is 3.31. The van der Waals surface area contributed by atoms with Crippen LogP contribution in [0.15, 0.2) is 42.3 Å². The van der Waals surface area contributed by atoms with E-state index in [-0.39, 0.29) is 11.6 Å². The molecule has 144 valence electrons. The van der Waals surface area contributed by atoms with Crippen LogP contribution in [0.4, 0.5) is 8.78 Å². The van der Waals surface area contributed by atoms with E-state index in [0.717, 1.165) is 25.5 Å². The van der Waals surface area contributed by atoms with E-state index in [9.17, 15) is 13.0 Å². The molecule has 4 rings (SSSR count). The van der Waals surface area contributed by atoms with Gasteiger partial charge in [-0.2, -0.15) is 0 Å². The summed E-state index contributed by atoms with van der Waals surface area (Å²) >= 11 is 0. The first kappa shape index (κ1) is 18.3. The molecule has 4 unspecified atom stereocenters. The fraction of sp³-hybridized carbons (Fsp3) is 0.421. The molecule has 0 bridgehead atoms. The molecule has 0 radical (unpaired) electrons. The molecular weight excluding hydrogens is 370 g/mol. The number of fused-ring (bicyclic) bond motifs is 1. The second-order valence-electron chi connectivity index (χ2n) is 7.33. The minimum atomic E-state index is -1.27. The van der Waals surface area contributed by atoms with Gasteiger partial charge in [0.25, 0.3) is 0 Å². The first-order chi connectivity index (χ1) is 12.9. The number of nitrogens with one attached hydrogen (secondary N) is 1. The number of imidazole rings is 1. The highest BCUT2D eigenvalue weighted by Gasteiger charge is 2.44. The van der Waals surface area contributed by atoms with Gasteiger partial charge in [-0.3, -0.25) is 0 Å². The Kier molecular flexibility index (Phi) is 4.86. The molecule has 1 aromatic carbocycles. The standard InChI is InChI=1S/C19H22F2N4OS/c1-12(15-5-4-14(20)7-17(15)21)23-18-6-3-13-8-25(9-16(13)18)27(26)19-10-24(2)11-22-19/h4-5,7,10-11,13,16,18,23H,1,3,6,8-9H2,2H3. The van der Waals surface area contributed by atoms with Gasteiger partial charge < -0.3 is 9.88 Å². The van der Waals surface area contributed by atoms with Crippen LogP contribution >= 0.6 is 0 Å². The van der Waals surface area contributed by atoms with Crippen LogP contribution in [-0.2, 0) is 18.0 Å². The van der Waals surface area contributed by atoms with Crippen molar-refractivity contribution in [2.75, 3.05) is 13.1 Å². The van der Waals surface area contributed by atoms with Gasteiger partial charge >= 0.3 is 0 Å². The Bertz CT molecular complexity index is 900. The van der Waals surface area contributed by atoms with Crippen molar-refractivity contribution >= 4 is 16.7 Å². The fourth-order valence-corrected chi connectivity index (χ4v) is 5.48. The van der Waals surface area contributed by atoms with Crippen LogP contribution in [0.1, 0.15) is 18.4 Å². The molecule has 2 aliphatic rings. The van der Waals surface area contributed by atoms with Crippen molar-refractivity contribution in [3.63, 3.8) is 0 Å². The summed E-state index contributed by atoms with van der Waals surface area (Å²) in [5.41, 5.74) is 0.745. The maximum absolute atomic E-state index is 14.0. The molecule has 8 heteroatoms. The molecule has 0 amide bonds. The lowest BCUT2D eigenvalue weighted by Gasteiger charge is -2.23. The summed E-state index contributed by atoms with van der Waals surface area (Å²) < 4.78 is 43.6. The van der Waals surface area contributed by atoms with Crippen molar-refractivity contribution in [1.82, 2.24) is 19.2 Å². The van der Waals surface area contributed by atoms with E-state index in [0.29, 0.717) is 29.1 Å². The number of hydrogen-bond acceptors (Lipinski definition) is 3. The molecule has 2 aromatic rings. The highest BCUT2D eigenvalue weighted by molar-refractivity contribution is 7.82. The molecule has 1 aromatic heterocycles. The lowest BCUT2D eigenvalue weighted by molar-refractivity contribution is 0.412. The van der Waals surface area contributed by atoms with Crippen molar-refractivity contribution < 1.29 is 13.0 Å². The van der Waals surface area contributed by atoms with Crippen molar-refractivity contribution in [2.45, 2.75) is 23.9 Å². The molecule has 1 N–H and O–H groups in total. The van der Waals surface area contributed by atoms with Crippen LogP contribution in [0.3, 0.4) is 0 Å². The van der Waals surface area contributed by atoms with Crippen molar-refractivity contribution in [3.05, 3.63) is 54.5 Å². The lowest BCUT2D eigenvalue weighted by atomic mass is 9.97. The minimum Gasteiger partial charge on any atom is -0.382 e. The fourth-order valence-electron chi connectivity index (χ4n) is 4.19. The maximum atomic E-state index is 14.0. The number of halogens is 2. The summed E-state index contributed by atoms with van der Waals surface area (Å²) in [5.74, 6) is -0.460. The van der Waals surface area contributed by atoms with Gasteiger partial charge in [-0.15, -0.1) is 0 Å². The third kappa shape index (κ3) is 3.55. The quantitative estimate of drug-likeness (QED) is 0.851. The first-order valence-electron chi connectivity index (χ1n) is 8.98. The van der Waals surface area contributed by atoms with Gasteiger partial charge in [0.15, 0.2) is 5.03 Å². The molecule has 5 nitrogen and oxygen atoms in total. The summed E-state index contributed by atoms with van der Waals surface area (Å²) in [6, 6.07) is 3.64. The van der Waals surface area contributed by atoms with E-state index >= 15 is 0 Å². The summed E-state index contributed by atoms with van der Waals surface area (Å²) in [6.07, 6.45) is 5.41. The smallest absolute Gasteiger partial charge is 0.160 e. The van der Waals surface area contributed by atoms with E-state index in [4.69, 9.17) is 0 Å². The number of rotatable bonds is 5. The van der Waals surface area contributed by atoms with Crippen molar-refractivity contribution in [3.8, 4) is 0 Å². The van der Waals surface area contributed by atoms with Gasteiger partial charge in [0.2, 0.25) is 0 Å². The summed E-state index contributed by atoms with van der Waals surface area (Å²) in [6.45, 7) is 5.40. The topological polar surface area (TPSA) is 50.2 Å². The average molecular weight is 392 g/mol. The molecule has 2 fully saturated rings. The molecule has 2 heterocycles. The van der Waals surface area contributed by atoms with E-state index in [1.807, 2.05) is 11.4 Å². The maximum Gasteiger partial charge on any atom is 0.160 e. The zero-order chi connectivity index (χ0) is 19.1. The van der Waals surface area contributed by atoms with Crippen LogP contribution in [0.2, 0.25) is 0 Å². The van der Waals surface area contributed by atoms with E-state index in [2.05, 4.69) is 16.9 Å². The Morgan fingerprint density at radius 1 is 1.33 bits per heavy atom. The van der Waals surface area contributed by atoms with E-state index in [1.165, 1.54) is 12.1 Å². The normalized spacial score (nSPS) is 26.1. The largest absolute Gasteiger partial charge is 0.382 e. The van der Waals surface area contributed by atoms with Crippen molar-refractivity contribution in [2.24, 2.45) is 18.9 Å². The van der Waals surface area contributed by atoms with E-state index < -0.39 is 22.6 Å². The summed E-state index contributed by atoms with van der Waals surface area (Å²) in [4.78, 5) is 4.20. The predicted molar refractivity (Wildman–Crippen MR) is 99.7 cm³/mol. The number of nitrogens with zero attached hydrogens (tertiary/aromatic N) is 3. The van der Waals surface area contributed by atoms with Crippen LogP contribution in [0.25, 0.3) is 5.70 Å². The minimum absolute atomic E-state index is 0.137.